The summed E-state index contributed by atoms with van der Waals surface area (Å²) in [5.41, 5.74) is 6.81. The van der Waals surface area contributed by atoms with Gasteiger partial charge in [-0.1, -0.05) is 18.9 Å². The molecule has 2 rings (SSSR count). The minimum atomic E-state index is 0. The fourth-order valence-electron chi connectivity index (χ4n) is 2.74. The lowest BCUT2D eigenvalue weighted by molar-refractivity contribution is 0.252. The molecule has 0 amide bonds. The predicted octanol–water partition coefficient (Wildman–Crippen LogP) is 2.91. The molecule has 0 spiro atoms. The van der Waals surface area contributed by atoms with Crippen molar-refractivity contribution in [2.75, 3.05) is 32.6 Å². The first-order valence-electron chi connectivity index (χ1n) is 7.60. The van der Waals surface area contributed by atoms with Crippen molar-refractivity contribution >= 4 is 35.6 Å². The summed E-state index contributed by atoms with van der Waals surface area (Å²) < 4.78 is 5.18. The van der Waals surface area contributed by atoms with Gasteiger partial charge in [0.25, 0.3) is 0 Å². The van der Waals surface area contributed by atoms with Crippen LogP contribution in [-0.2, 0) is 0 Å². The molecule has 0 atom stereocenters. The van der Waals surface area contributed by atoms with Gasteiger partial charge in [-0.25, -0.2) is 0 Å². The number of rotatable bonds is 6. The minimum absolute atomic E-state index is 0. The highest BCUT2D eigenvalue weighted by molar-refractivity contribution is 14.0. The van der Waals surface area contributed by atoms with Gasteiger partial charge < -0.3 is 20.7 Å². The molecule has 1 aliphatic rings. The average Bonchev–Trinajstić information content (AvgIpc) is 3.01. The van der Waals surface area contributed by atoms with Crippen LogP contribution in [0.4, 0.5) is 5.69 Å². The van der Waals surface area contributed by atoms with Crippen LogP contribution in [0.25, 0.3) is 0 Å². The van der Waals surface area contributed by atoms with Gasteiger partial charge >= 0.3 is 0 Å². The highest BCUT2D eigenvalue weighted by Crippen LogP contribution is 2.22. The average molecular weight is 418 g/mol. The summed E-state index contributed by atoms with van der Waals surface area (Å²) in [5, 5.41) is 3.09. The van der Waals surface area contributed by atoms with Crippen molar-refractivity contribution in [2.45, 2.75) is 31.7 Å². The van der Waals surface area contributed by atoms with Crippen LogP contribution < -0.4 is 15.8 Å². The van der Waals surface area contributed by atoms with E-state index >= 15 is 0 Å². The number of hydrogen-bond donors (Lipinski definition) is 2. The third-order valence-electron chi connectivity index (χ3n) is 4.03. The fraction of sp³-hybridized carbons (Fsp3) is 0.562. The Morgan fingerprint density at radius 3 is 2.82 bits per heavy atom. The molecule has 0 saturated heterocycles. The smallest absolute Gasteiger partial charge is 0.193 e. The number of likely N-dealkylation sites (N-methyl/N-ethyl adjacent to an activating group) is 1. The van der Waals surface area contributed by atoms with Crippen LogP contribution in [0, 0.1) is 0 Å². The van der Waals surface area contributed by atoms with E-state index in [1.54, 1.807) is 7.11 Å². The molecular formula is C16H27IN4O. The highest BCUT2D eigenvalue weighted by atomic mass is 127. The highest BCUT2D eigenvalue weighted by Gasteiger charge is 2.18. The summed E-state index contributed by atoms with van der Waals surface area (Å²) in [6, 6.07) is 8.38. The first-order chi connectivity index (χ1) is 10.2. The van der Waals surface area contributed by atoms with Gasteiger partial charge in [0.1, 0.15) is 5.75 Å². The van der Waals surface area contributed by atoms with Crippen molar-refractivity contribution in [3.05, 3.63) is 24.3 Å². The first-order valence-corrected chi connectivity index (χ1v) is 7.60. The molecule has 1 aromatic rings. The summed E-state index contributed by atoms with van der Waals surface area (Å²) in [5.74, 6) is 1.25. The van der Waals surface area contributed by atoms with E-state index in [-0.39, 0.29) is 24.0 Å². The number of anilines is 1. The maximum Gasteiger partial charge on any atom is 0.193 e. The molecular weight excluding hydrogens is 391 g/mol. The largest absolute Gasteiger partial charge is 0.497 e. The van der Waals surface area contributed by atoms with Crippen LogP contribution in [0.2, 0.25) is 0 Å². The van der Waals surface area contributed by atoms with Gasteiger partial charge in [-0.05, 0) is 32.0 Å². The Hall–Kier alpha value is -1.02. The monoisotopic (exact) mass is 418 g/mol. The van der Waals surface area contributed by atoms with E-state index < -0.39 is 0 Å². The molecule has 0 radical (unpaired) electrons. The Bertz CT molecular complexity index is 475. The standard InChI is InChI=1S/C16H26N4O.HI/c1-20(14-7-3-4-8-14)11-10-18-16(17)19-13-6-5-9-15(12-13)21-2;/h5-6,9,12,14H,3-4,7-8,10-11H2,1-2H3,(H3,17,18,19);1H. The molecule has 1 saturated carbocycles. The van der Waals surface area contributed by atoms with Gasteiger partial charge in [0.15, 0.2) is 5.96 Å². The lowest BCUT2D eigenvalue weighted by Gasteiger charge is -2.22. The number of benzene rings is 1. The van der Waals surface area contributed by atoms with Crippen molar-refractivity contribution in [1.82, 2.24) is 4.90 Å². The number of methoxy groups -OCH3 is 1. The molecule has 5 nitrogen and oxygen atoms in total. The topological polar surface area (TPSA) is 62.9 Å². The number of guanidine groups is 1. The SMILES string of the molecule is COc1cccc(NC(N)=NCCN(C)C2CCCC2)c1.I. The van der Waals surface area contributed by atoms with E-state index in [9.17, 15) is 0 Å². The van der Waals surface area contributed by atoms with E-state index in [0.717, 1.165) is 30.6 Å². The Morgan fingerprint density at radius 1 is 1.41 bits per heavy atom. The normalized spacial score (nSPS) is 15.7. The molecule has 1 aliphatic carbocycles. The third-order valence-corrected chi connectivity index (χ3v) is 4.03. The molecule has 6 heteroatoms. The first kappa shape index (κ1) is 19.0. The Morgan fingerprint density at radius 2 is 2.14 bits per heavy atom. The Balaban J connectivity index is 0.00000242. The zero-order valence-corrected chi connectivity index (χ0v) is 15.7. The third kappa shape index (κ3) is 6.00. The summed E-state index contributed by atoms with van der Waals surface area (Å²) in [6.07, 6.45) is 5.35. The van der Waals surface area contributed by atoms with E-state index in [1.165, 1.54) is 25.7 Å². The number of halogens is 1. The van der Waals surface area contributed by atoms with E-state index in [2.05, 4.69) is 22.3 Å². The van der Waals surface area contributed by atoms with Crippen LogP contribution >= 0.6 is 24.0 Å². The van der Waals surface area contributed by atoms with Gasteiger partial charge in [-0.15, -0.1) is 24.0 Å². The molecule has 22 heavy (non-hydrogen) atoms. The molecule has 124 valence electrons. The summed E-state index contributed by atoms with van der Waals surface area (Å²) in [6.45, 7) is 1.67. The quantitative estimate of drug-likeness (QED) is 0.424. The van der Waals surface area contributed by atoms with Gasteiger partial charge in [-0.2, -0.15) is 0 Å². The Labute approximate surface area is 150 Å². The number of nitrogens with one attached hydrogen (secondary N) is 1. The maximum absolute atomic E-state index is 5.92. The second-order valence-electron chi connectivity index (χ2n) is 5.54. The van der Waals surface area contributed by atoms with E-state index in [0.29, 0.717) is 5.96 Å². The summed E-state index contributed by atoms with van der Waals surface area (Å²) in [4.78, 5) is 6.79. The van der Waals surface area contributed by atoms with E-state index in [1.807, 2.05) is 24.3 Å². The number of nitrogens with zero attached hydrogens (tertiary/aromatic N) is 2. The van der Waals surface area contributed by atoms with Gasteiger partial charge in [-0.3, -0.25) is 4.99 Å². The number of ether oxygens (including phenoxy) is 1. The van der Waals surface area contributed by atoms with Crippen LogP contribution in [0.15, 0.2) is 29.3 Å². The predicted molar refractivity (Wildman–Crippen MR) is 103 cm³/mol. The van der Waals surface area contributed by atoms with Crippen molar-refractivity contribution < 1.29 is 4.74 Å². The van der Waals surface area contributed by atoms with Gasteiger partial charge in [0.2, 0.25) is 0 Å². The second-order valence-corrected chi connectivity index (χ2v) is 5.54. The fourth-order valence-corrected chi connectivity index (χ4v) is 2.74. The minimum Gasteiger partial charge on any atom is -0.497 e. The summed E-state index contributed by atoms with van der Waals surface area (Å²) >= 11 is 0. The van der Waals surface area contributed by atoms with Crippen molar-refractivity contribution in [3.8, 4) is 5.75 Å². The maximum atomic E-state index is 5.92. The molecule has 0 aromatic heterocycles. The molecule has 1 aromatic carbocycles. The Kier molecular flexibility index (Phi) is 8.55. The van der Waals surface area contributed by atoms with E-state index in [4.69, 9.17) is 10.5 Å². The number of hydrogen-bond acceptors (Lipinski definition) is 3. The number of nitrogens with two attached hydrogens (primary N) is 1. The summed E-state index contributed by atoms with van der Waals surface area (Å²) in [7, 11) is 3.83. The van der Waals surface area contributed by atoms with Crippen LogP contribution in [0.5, 0.6) is 5.75 Å². The van der Waals surface area contributed by atoms with Crippen molar-refractivity contribution in [1.29, 1.82) is 0 Å². The van der Waals surface area contributed by atoms with Gasteiger partial charge in [0, 0.05) is 24.3 Å². The molecule has 0 bridgehead atoms. The molecule has 0 aliphatic heterocycles. The van der Waals surface area contributed by atoms with Crippen LogP contribution in [0.3, 0.4) is 0 Å². The molecule has 0 unspecified atom stereocenters. The second kappa shape index (κ2) is 9.89. The van der Waals surface area contributed by atoms with Gasteiger partial charge in [0.05, 0.1) is 13.7 Å². The van der Waals surface area contributed by atoms with Crippen molar-refractivity contribution in [2.24, 2.45) is 10.7 Å². The van der Waals surface area contributed by atoms with Crippen LogP contribution in [0.1, 0.15) is 25.7 Å². The number of aliphatic imine (C=N–C) groups is 1. The lowest BCUT2D eigenvalue weighted by Crippen LogP contribution is -2.32. The zero-order chi connectivity index (χ0) is 15.1. The molecule has 0 heterocycles. The zero-order valence-electron chi connectivity index (χ0n) is 13.4. The molecule has 3 N–H and O–H groups in total. The molecule has 1 fully saturated rings. The van der Waals surface area contributed by atoms with Crippen LogP contribution in [-0.4, -0.2) is 44.1 Å². The van der Waals surface area contributed by atoms with Crippen molar-refractivity contribution in [3.63, 3.8) is 0 Å². The lowest BCUT2D eigenvalue weighted by atomic mass is 10.2.